The number of anilines is 1. The van der Waals surface area contributed by atoms with Gasteiger partial charge in [-0.05, 0) is 23.8 Å². The molecule has 0 spiro atoms. The normalized spacial score (nSPS) is 10.7. The molecule has 0 atom stereocenters. The van der Waals surface area contributed by atoms with Gasteiger partial charge in [0.05, 0.1) is 6.54 Å². The van der Waals surface area contributed by atoms with Gasteiger partial charge in [-0.25, -0.2) is 9.37 Å². The summed E-state index contributed by atoms with van der Waals surface area (Å²) in [5, 5.41) is 0. The Labute approximate surface area is 106 Å². The molecule has 0 aliphatic carbocycles. The highest BCUT2D eigenvalue weighted by atomic mass is 19.1. The third-order valence-electron chi connectivity index (χ3n) is 2.92. The molecule has 0 unspecified atom stereocenters. The van der Waals surface area contributed by atoms with E-state index in [0.29, 0.717) is 13.1 Å². The van der Waals surface area contributed by atoms with Gasteiger partial charge in [-0.15, -0.1) is 0 Å². The van der Waals surface area contributed by atoms with Crippen molar-refractivity contribution >= 4 is 5.69 Å². The minimum Gasteiger partial charge on any atom is -0.367 e. The maximum Gasteiger partial charge on any atom is 0.127 e. The van der Waals surface area contributed by atoms with Gasteiger partial charge in [-0.3, -0.25) is 0 Å². The first kappa shape index (κ1) is 12.6. The number of halogens is 1. The number of imidazole rings is 1. The molecule has 5 heteroatoms. The van der Waals surface area contributed by atoms with Gasteiger partial charge in [0.15, 0.2) is 0 Å². The number of nitrogens with two attached hydrogens (primary N) is 1. The van der Waals surface area contributed by atoms with Crippen LogP contribution in [0.25, 0.3) is 0 Å². The minimum absolute atomic E-state index is 0.264. The second kappa shape index (κ2) is 5.18. The first-order valence-corrected chi connectivity index (χ1v) is 5.77. The van der Waals surface area contributed by atoms with Gasteiger partial charge in [0, 0.05) is 38.7 Å². The Morgan fingerprint density at radius 3 is 2.78 bits per heavy atom. The Kier molecular flexibility index (Phi) is 3.62. The van der Waals surface area contributed by atoms with Crippen molar-refractivity contribution in [1.29, 1.82) is 0 Å². The van der Waals surface area contributed by atoms with Crippen LogP contribution in [-0.2, 0) is 20.1 Å². The molecule has 4 nitrogen and oxygen atoms in total. The summed E-state index contributed by atoms with van der Waals surface area (Å²) in [5.41, 5.74) is 7.14. The fourth-order valence-corrected chi connectivity index (χ4v) is 1.82. The number of rotatable bonds is 4. The van der Waals surface area contributed by atoms with Crippen molar-refractivity contribution in [2.75, 3.05) is 11.9 Å². The summed E-state index contributed by atoms with van der Waals surface area (Å²) in [4.78, 5) is 6.20. The predicted molar refractivity (Wildman–Crippen MR) is 69.6 cm³/mol. The lowest BCUT2D eigenvalue weighted by Crippen LogP contribution is -2.19. The lowest BCUT2D eigenvalue weighted by atomic mass is 10.2. The van der Waals surface area contributed by atoms with Crippen LogP contribution in [0.4, 0.5) is 10.1 Å². The number of hydrogen-bond donors (Lipinski definition) is 1. The molecule has 18 heavy (non-hydrogen) atoms. The van der Waals surface area contributed by atoms with E-state index in [1.54, 1.807) is 6.20 Å². The molecular weight excluding hydrogens is 231 g/mol. The molecule has 0 saturated carbocycles. The molecule has 1 aromatic carbocycles. The van der Waals surface area contributed by atoms with Gasteiger partial charge in [-0.2, -0.15) is 0 Å². The molecule has 0 radical (unpaired) electrons. The summed E-state index contributed by atoms with van der Waals surface area (Å²) in [5.74, 6) is 0.663. The Hall–Kier alpha value is -1.88. The molecule has 1 aromatic heterocycles. The van der Waals surface area contributed by atoms with Crippen LogP contribution in [0.2, 0.25) is 0 Å². The molecule has 0 saturated heterocycles. The van der Waals surface area contributed by atoms with Crippen LogP contribution in [0.15, 0.2) is 30.6 Å². The third kappa shape index (κ3) is 2.68. The van der Waals surface area contributed by atoms with E-state index in [-0.39, 0.29) is 5.82 Å². The first-order chi connectivity index (χ1) is 8.60. The average Bonchev–Trinajstić information content (AvgIpc) is 2.74. The van der Waals surface area contributed by atoms with Gasteiger partial charge in [-0.1, -0.05) is 0 Å². The SMILES string of the molecule is CN(Cc1nccn1C)c1cc(F)cc(CN)c1. The first-order valence-electron chi connectivity index (χ1n) is 5.77. The van der Waals surface area contributed by atoms with E-state index in [1.807, 2.05) is 35.8 Å². The largest absolute Gasteiger partial charge is 0.367 e. The average molecular weight is 248 g/mol. The van der Waals surface area contributed by atoms with Crippen molar-refractivity contribution in [3.8, 4) is 0 Å². The fourth-order valence-electron chi connectivity index (χ4n) is 1.82. The fraction of sp³-hybridized carbons (Fsp3) is 0.308. The Bertz CT molecular complexity index is 536. The minimum atomic E-state index is -0.264. The molecule has 2 aromatic rings. The van der Waals surface area contributed by atoms with Crippen molar-refractivity contribution in [1.82, 2.24) is 9.55 Å². The van der Waals surface area contributed by atoms with E-state index < -0.39 is 0 Å². The molecule has 1 heterocycles. The lowest BCUT2D eigenvalue weighted by Gasteiger charge is -2.19. The standard InChI is InChI=1S/C13H17FN4/c1-17-4-3-16-13(17)9-18(2)12-6-10(8-15)5-11(14)7-12/h3-7H,8-9,15H2,1-2H3. The summed E-state index contributed by atoms with van der Waals surface area (Å²) >= 11 is 0. The van der Waals surface area contributed by atoms with Crippen LogP contribution in [-0.4, -0.2) is 16.6 Å². The van der Waals surface area contributed by atoms with E-state index in [9.17, 15) is 4.39 Å². The van der Waals surface area contributed by atoms with Crippen molar-refractivity contribution in [2.45, 2.75) is 13.1 Å². The third-order valence-corrected chi connectivity index (χ3v) is 2.92. The van der Waals surface area contributed by atoms with E-state index >= 15 is 0 Å². The van der Waals surface area contributed by atoms with Crippen LogP contribution < -0.4 is 10.6 Å². The van der Waals surface area contributed by atoms with Gasteiger partial charge in [0.2, 0.25) is 0 Å². The zero-order valence-electron chi connectivity index (χ0n) is 10.6. The quantitative estimate of drug-likeness (QED) is 0.895. The van der Waals surface area contributed by atoms with Gasteiger partial charge >= 0.3 is 0 Å². The molecule has 0 bridgehead atoms. The van der Waals surface area contributed by atoms with Gasteiger partial charge in [0.25, 0.3) is 0 Å². The van der Waals surface area contributed by atoms with Gasteiger partial charge in [0.1, 0.15) is 11.6 Å². The second-order valence-corrected chi connectivity index (χ2v) is 4.33. The van der Waals surface area contributed by atoms with Crippen LogP contribution in [0.5, 0.6) is 0 Å². The summed E-state index contributed by atoms with van der Waals surface area (Å²) in [7, 11) is 3.84. The maximum absolute atomic E-state index is 13.4. The molecule has 0 aliphatic heterocycles. The highest BCUT2D eigenvalue weighted by molar-refractivity contribution is 5.48. The number of aromatic nitrogens is 2. The number of aryl methyl sites for hydroxylation is 1. The number of benzene rings is 1. The molecule has 0 fully saturated rings. The lowest BCUT2D eigenvalue weighted by molar-refractivity contribution is 0.624. The molecule has 2 N–H and O–H groups in total. The maximum atomic E-state index is 13.4. The van der Waals surface area contributed by atoms with E-state index in [4.69, 9.17) is 5.73 Å². The van der Waals surface area contributed by atoms with Crippen LogP contribution in [0, 0.1) is 5.82 Å². The predicted octanol–water partition coefficient (Wildman–Crippen LogP) is 1.65. The highest BCUT2D eigenvalue weighted by Crippen LogP contribution is 2.18. The molecule has 2 rings (SSSR count). The number of hydrogen-bond acceptors (Lipinski definition) is 3. The van der Waals surface area contributed by atoms with Crippen molar-refractivity contribution in [3.63, 3.8) is 0 Å². The zero-order chi connectivity index (χ0) is 13.1. The van der Waals surface area contributed by atoms with Crippen molar-refractivity contribution in [2.24, 2.45) is 12.8 Å². The van der Waals surface area contributed by atoms with Crippen molar-refractivity contribution in [3.05, 3.63) is 47.8 Å². The summed E-state index contributed by atoms with van der Waals surface area (Å²) < 4.78 is 15.4. The summed E-state index contributed by atoms with van der Waals surface area (Å²) in [6.45, 7) is 0.956. The molecule has 96 valence electrons. The number of nitrogens with zero attached hydrogens (tertiary/aromatic N) is 3. The molecule has 0 amide bonds. The zero-order valence-corrected chi connectivity index (χ0v) is 10.6. The Morgan fingerprint density at radius 2 is 2.17 bits per heavy atom. The van der Waals surface area contributed by atoms with Gasteiger partial charge < -0.3 is 15.2 Å². The monoisotopic (exact) mass is 248 g/mol. The van der Waals surface area contributed by atoms with E-state index in [2.05, 4.69) is 4.98 Å². The Morgan fingerprint density at radius 1 is 1.39 bits per heavy atom. The van der Waals surface area contributed by atoms with Crippen LogP contribution in [0.3, 0.4) is 0 Å². The second-order valence-electron chi connectivity index (χ2n) is 4.33. The Balaban J connectivity index is 2.20. The van der Waals surface area contributed by atoms with E-state index in [1.165, 1.54) is 12.1 Å². The van der Waals surface area contributed by atoms with Crippen molar-refractivity contribution < 1.29 is 4.39 Å². The van der Waals surface area contributed by atoms with Crippen LogP contribution >= 0.6 is 0 Å². The van der Waals surface area contributed by atoms with Crippen LogP contribution in [0.1, 0.15) is 11.4 Å². The highest BCUT2D eigenvalue weighted by Gasteiger charge is 2.08. The summed E-state index contributed by atoms with van der Waals surface area (Å²) in [6, 6.07) is 4.85. The van der Waals surface area contributed by atoms with E-state index in [0.717, 1.165) is 17.1 Å². The molecular formula is C13H17FN4. The molecule has 0 aliphatic rings. The topological polar surface area (TPSA) is 47.1 Å². The smallest absolute Gasteiger partial charge is 0.127 e. The summed E-state index contributed by atoms with van der Waals surface area (Å²) in [6.07, 6.45) is 3.64.